The Bertz CT molecular complexity index is 1160. The lowest BCUT2D eigenvalue weighted by atomic mass is 10.1. The van der Waals surface area contributed by atoms with Crippen molar-refractivity contribution in [2.24, 2.45) is 0 Å². The van der Waals surface area contributed by atoms with Crippen molar-refractivity contribution in [2.75, 3.05) is 14.2 Å². The summed E-state index contributed by atoms with van der Waals surface area (Å²) in [7, 11) is 3.17. The SMILES string of the molecule is COc1ccc(-c2ccnc3c(C(=O)NCc4ccccn4)cnn23)cc1OC. The van der Waals surface area contributed by atoms with Gasteiger partial charge in [0.2, 0.25) is 0 Å². The molecule has 29 heavy (non-hydrogen) atoms. The van der Waals surface area contributed by atoms with Crippen LogP contribution in [0, 0.1) is 0 Å². The van der Waals surface area contributed by atoms with Crippen LogP contribution in [0.25, 0.3) is 16.9 Å². The molecule has 0 atom stereocenters. The molecule has 0 radical (unpaired) electrons. The number of fused-ring (bicyclic) bond motifs is 1. The summed E-state index contributed by atoms with van der Waals surface area (Å²) >= 11 is 0. The summed E-state index contributed by atoms with van der Waals surface area (Å²) in [4.78, 5) is 21.2. The van der Waals surface area contributed by atoms with Crippen molar-refractivity contribution < 1.29 is 14.3 Å². The lowest BCUT2D eigenvalue weighted by Gasteiger charge is -2.10. The highest BCUT2D eigenvalue weighted by Gasteiger charge is 2.17. The highest BCUT2D eigenvalue weighted by Crippen LogP contribution is 2.32. The van der Waals surface area contributed by atoms with Crippen molar-refractivity contribution in [3.05, 3.63) is 72.3 Å². The molecule has 4 aromatic rings. The third-order valence-corrected chi connectivity index (χ3v) is 4.48. The van der Waals surface area contributed by atoms with Crippen LogP contribution >= 0.6 is 0 Å². The zero-order valence-electron chi connectivity index (χ0n) is 16.0. The molecule has 0 fully saturated rings. The predicted octanol–water partition coefficient (Wildman–Crippen LogP) is 2.74. The lowest BCUT2D eigenvalue weighted by Crippen LogP contribution is -2.23. The molecule has 0 aliphatic rings. The van der Waals surface area contributed by atoms with Crippen LogP contribution in [0.5, 0.6) is 11.5 Å². The largest absolute Gasteiger partial charge is 0.493 e. The molecule has 4 rings (SSSR count). The van der Waals surface area contributed by atoms with Gasteiger partial charge in [0.15, 0.2) is 17.1 Å². The maximum absolute atomic E-state index is 12.7. The minimum Gasteiger partial charge on any atom is -0.493 e. The van der Waals surface area contributed by atoms with E-state index < -0.39 is 0 Å². The Balaban J connectivity index is 1.66. The third-order valence-electron chi connectivity index (χ3n) is 4.48. The van der Waals surface area contributed by atoms with E-state index in [1.807, 2.05) is 42.5 Å². The zero-order chi connectivity index (χ0) is 20.2. The monoisotopic (exact) mass is 389 g/mol. The van der Waals surface area contributed by atoms with Gasteiger partial charge in [-0.1, -0.05) is 6.07 Å². The topological polar surface area (TPSA) is 90.6 Å². The number of ether oxygens (including phenoxy) is 2. The van der Waals surface area contributed by atoms with E-state index in [4.69, 9.17) is 9.47 Å². The van der Waals surface area contributed by atoms with Gasteiger partial charge in [-0.3, -0.25) is 9.78 Å². The van der Waals surface area contributed by atoms with Crippen molar-refractivity contribution in [1.82, 2.24) is 24.9 Å². The molecule has 1 aromatic carbocycles. The summed E-state index contributed by atoms with van der Waals surface area (Å²) in [6.07, 6.45) is 4.85. The Morgan fingerprint density at radius 3 is 2.66 bits per heavy atom. The molecule has 8 nitrogen and oxygen atoms in total. The molecule has 1 N–H and O–H groups in total. The van der Waals surface area contributed by atoms with Gasteiger partial charge in [-0.25, -0.2) is 9.50 Å². The second kappa shape index (κ2) is 7.97. The van der Waals surface area contributed by atoms with Gasteiger partial charge in [-0.05, 0) is 36.4 Å². The second-order valence-electron chi connectivity index (χ2n) is 6.20. The maximum atomic E-state index is 12.7. The molecule has 0 saturated heterocycles. The Kier molecular flexibility index (Phi) is 5.07. The molecule has 0 unspecified atom stereocenters. The van der Waals surface area contributed by atoms with Gasteiger partial charge < -0.3 is 14.8 Å². The van der Waals surface area contributed by atoms with E-state index in [-0.39, 0.29) is 5.91 Å². The molecule has 8 heteroatoms. The average molecular weight is 389 g/mol. The van der Waals surface area contributed by atoms with Crippen molar-refractivity contribution >= 4 is 11.6 Å². The first-order valence-electron chi connectivity index (χ1n) is 8.94. The summed E-state index contributed by atoms with van der Waals surface area (Å²) in [5, 5.41) is 7.23. The number of hydrogen-bond donors (Lipinski definition) is 1. The molecule has 146 valence electrons. The second-order valence-corrected chi connectivity index (χ2v) is 6.20. The molecule has 0 saturated carbocycles. The number of benzene rings is 1. The van der Waals surface area contributed by atoms with E-state index in [1.165, 1.54) is 6.20 Å². The smallest absolute Gasteiger partial charge is 0.257 e. The van der Waals surface area contributed by atoms with Crippen molar-refractivity contribution in [2.45, 2.75) is 6.54 Å². The summed E-state index contributed by atoms with van der Waals surface area (Å²) < 4.78 is 12.3. The lowest BCUT2D eigenvalue weighted by molar-refractivity contribution is 0.0952. The van der Waals surface area contributed by atoms with Gasteiger partial charge in [-0.2, -0.15) is 5.10 Å². The van der Waals surface area contributed by atoms with E-state index >= 15 is 0 Å². The molecule has 0 aliphatic carbocycles. The Labute approximate surface area is 167 Å². The molecule has 3 aromatic heterocycles. The molecule has 1 amide bonds. The number of methoxy groups -OCH3 is 2. The number of pyridine rings is 1. The highest BCUT2D eigenvalue weighted by molar-refractivity contribution is 5.99. The van der Waals surface area contributed by atoms with Gasteiger partial charge in [0.25, 0.3) is 5.91 Å². The standard InChI is InChI=1S/C21H19N5O3/c1-28-18-7-6-14(11-19(18)29-2)17-8-10-23-20-16(13-25-26(17)20)21(27)24-12-15-5-3-4-9-22-15/h3-11,13H,12H2,1-2H3,(H,24,27). The fraction of sp³-hybridized carbons (Fsp3) is 0.143. The van der Waals surface area contributed by atoms with Gasteiger partial charge in [0, 0.05) is 18.0 Å². The predicted molar refractivity (Wildman–Crippen MR) is 107 cm³/mol. The molecular formula is C21H19N5O3. The molecule has 0 aliphatic heterocycles. The first kappa shape index (κ1) is 18.4. The van der Waals surface area contributed by atoms with Crippen LogP contribution in [0.2, 0.25) is 0 Å². The number of hydrogen-bond acceptors (Lipinski definition) is 6. The van der Waals surface area contributed by atoms with E-state index in [9.17, 15) is 4.79 Å². The Hall–Kier alpha value is -3.94. The molecule has 3 heterocycles. The number of nitrogens with one attached hydrogen (secondary N) is 1. The highest BCUT2D eigenvalue weighted by atomic mass is 16.5. The van der Waals surface area contributed by atoms with Crippen LogP contribution in [0.4, 0.5) is 0 Å². The minimum atomic E-state index is -0.261. The van der Waals surface area contributed by atoms with Gasteiger partial charge >= 0.3 is 0 Å². The summed E-state index contributed by atoms with van der Waals surface area (Å²) in [6, 6.07) is 13.0. The van der Waals surface area contributed by atoms with E-state index in [0.29, 0.717) is 29.3 Å². The van der Waals surface area contributed by atoms with Gasteiger partial charge in [0.1, 0.15) is 5.56 Å². The number of aromatic nitrogens is 4. The van der Waals surface area contributed by atoms with Crippen molar-refractivity contribution in [1.29, 1.82) is 0 Å². The first-order chi connectivity index (χ1) is 14.2. The molecule has 0 spiro atoms. The number of carbonyl (C=O) groups excluding carboxylic acids is 1. The van der Waals surface area contributed by atoms with E-state index in [1.54, 1.807) is 31.1 Å². The number of nitrogens with zero attached hydrogens (tertiary/aromatic N) is 4. The van der Waals surface area contributed by atoms with E-state index in [2.05, 4.69) is 20.4 Å². The normalized spacial score (nSPS) is 10.7. The third kappa shape index (κ3) is 3.60. The van der Waals surface area contributed by atoms with E-state index in [0.717, 1.165) is 17.0 Å². The summed E-state index contributed by atoms with van der Waals surface area (Å²) in [5.74, 6) is 0.981. The van der Waals surface area contributed by atoms with Gasteiger partial charge in [0.05, 0.1) is 38.3 Å². The van der Waals surface area contributed by atoms with Crippen molar-refractivity contribution in [3.8, 4) is 22.8 Å². The number of amides is 1. The number of rotatable bonds is 6. The van der Waals surface area contributed by atoms with Crippen LogP contribution in [0.1, 0.15) is 16.1 Å². The van der Waals surface area contributed by atoms with Crippen LogP contribution in [-0.4, -0.2) is 39.7 Å². The number of carbonyl (C=O) groups is 1. The summed E-state index contributed by atoms with van der Waals surface area (Å²) in [5.41, 5.74) is 3.27. The average Bonchev–Trinajstić information content (AvgIpc) is 3.22. The van der Waals surface area contributed by atoms with Crippen molar-refractivity contribution in [3.63, 3.8) is 0 Å². The minimum absolute atomic E-state index is 0.261. The zero-order valence-corrected chi connectivity index (χ0v) is 16.0. The Morgan fingerprint density at radius 1 is 1.03 bits per heavy atom. The quantitative estimate of drug-likeness (QED) is 0.545. The molecule has 0 bridgehead atoms. The first-order valence-corrected chi connectivity index (χ1v) is 8.94. The van der Waals surface area contributed by atoms with Crippen LogP contribution in [0.15, 0.2) is 61.1 Å². The van der Waals surface area contributed by atoms with Crippen LogP contribution < -0.4 is 14.8 Å². The fourth-order valence-corrected chi connectivity index (χ4v) is 3.03. The van der Waals surface area contributed by atoms with Crippen LogP contribution in [0.3, 0.4) is 0 Å². The fourth-order valence-electron chi connectivity index (χ4n) is 3.03. The van der Waals surface area contributed by atoms with Crippen LogP contribution in [-0.2, 0) is 6.54 Å². The van der Waals surface area contributed by atoms with Gasteiger partial charge in [-0.15, -0.1) is 0 Å². The maximum Gasteiger partial charge on any atom is 0.257 e. The summed E-state index contributed by atoms with van der Waals surface area (Å²) in [6.45, 7) is 0.326. The molecular weight excluding hydrogens is 370 g/mol. The Morgan fingerprint density at radius 2 is 1.90 bits per heavy atom.